The summed E-state index contributed by atoms with van der Waals surface area (Å²) in [7, 11) is -4.27. The molecule has 2 heterocycles. The van der Waals surface area contributed by atoms with E-state index in [1.54, 1.807) is 77.7 Å². The third-order valence-electron chi connectivity index (χ3n) is 7.03. The number of para-hydroxylation sites is 1. The Bertz CT molecular complexity index is 1340. The highest BCUT2D eigenvalue weighted by atomic mass is 32.2. The Morgan fingerprint density at radius 3 is 2.09 bits per heavy atom. The van der Waals surface area contributed by atoms with Crippen LogP contribution in [0.1, 0.15) is 41.6 Å². The fourth-order valence-electron chi connectivity index (χ4n) is 5.21. The van der Waals surface area contributed by atoms with Crippen LogP contribution in [0.5, 0.6) is 0 Å². The summed E-state index contributed by atoms with van der Waals surface area (Å²) in [6.45, 7) is 2.02. The van der Waals surface area contributed by atoms with Crippen molar-refractivity contribution in [3.63, 3.8) is 0 Å². The molecule has 5 rings (SSSR count). The summed E-state index contributed by atoms with van der Waals surface area (Å²) in [4.78, 5) is 31.6. The fraction of sp³-hybridized carbons (Fsp3) is 0.286. The first-order chi connectivity index (χ1) is 16.9. The second kappa shape index (κ2) is 9.40. The second-order valence-corrected chi connectivity index (χ2v) is 11.4. The summed E-state index contributed by atoms with van der Waals surface area (Å²) < 4.78 is 26.6. The number of piperidine rings is 1. The Hall–Kier alpha value is -3.29. The van der Waals surface area contributed by atoms with Crippen molar-refractivity contribution < 1.29 is 18.0 Å². The van der Waals surface area contributed by atoms with Gasteiger partial charge in [-0.15, -0.1) is 0 Å². The van der Waals surface area contributed by atoms with E-state index < -0.39 is 26.9 Å². The molecule has 0 aliphatic carbocycles. The zero-order valence-corrected chi connectivity index (χ0v) is 20.3. The van der Waals surface area contributed by atoms with Crippen molar-refractivity contribution >= 4 is 27.2 Å². The lowest BCUT2D eigenvalue weighted by Gasteiger charge is -2.32. The molecule has 3 aromatic rings. The number of carbonyl (C=O) groups is 2. The Morgan fingerprint density at radius 1 is 0.800 bits per heavy atom. The highest BCUT2D eigenvalue weighted by Crippen LogP contribution is 2.50. The van der Waals surface area contributed by atoms with Crippen LogP contribution in [0.25, 0.3) is 0 Å². The molecule has 2 aliphatic rings. The number of fused-ring (bicyclic) bond motifs is 1. The monoisotopic (exact) mass is 488 g/mol. The van der Waals surface area contributed by atoms with Gasteiger partial charge in [-0.05, 0) is 44.1 Å². The molecule has 3 aromatic carbocycles. The minimum atomic E-state index is -4.27. The number of likely N-dealkylation sites (tertiary alicyclic amines) is 1. The van der Waals surface area contributed by atoms with E-state index in [1.807, 2.05) is 0 Å². The van der Waals surface area contributed by atoms with Crippen molar-refractivity contribution in [3.05, 3.63) is 96.1 Å². The molecular formula is C28H28N2O4S. The summed E-state index contributed by atoms with van der Waals surface area (Å²) in [6.07, 6.45) is 2.78. The van der Waals surface area contributed by atoms with Crippen LogP contribution in [0.4, 0.5) is 5.69 Å². The first-order valence-electron chi connectivity index (χ1n) is 12.0. The van der Waals surface area contributed by atoms with E-state index in [9.17, 15) is 18.0 Å². The molecule has 2 aliphatic heterocycles. The lowest BCUT2D eigenvalue weighted by atomic mass is 9.91. The van der Waals surface area contributed by atoms with E-state index in [2.05, 4.69) is 4.90 Å². The summed E-state index contributed by atoms with van der Waals surface area (Å²) in [5, 5.41) is 0. The third kappa shape index (κ3) is 3.98. The molecule has 180 valence electrons. The number of nitrogens with zero attached hydrogens (tertiary/aromatic N) is 2. The van der Waals surface area contributed by atoms with Gasteiger partial charge in [-0.1, -0.05) is 73.2 Å². The van der Waals surface area contributed by atoms with Gasteiger partial charge in [0.2, 0.25) is 0 Å². The number of anilines is 1. The standard InChI is InChI=1S/C28H28N2O4S/c31-26(22-12-4-1-5-13-22)20-28(35(33,34)23-14-6-2-7-15-23)24-16-8-9-17-25(24)30(27(28)32)21-29-18-10-3-11-19-29/h1-2,4-9,12-17H,3,10-11,18-21H2. The molecule has 35 heavy (non-hydrogen) atoms. The average Bonchev–Trinajstić information content (AvgIpc) is 3.14. The largest absolute Gasteiger partial charge is 0.297 e. The lowest BCUT2D eigenvalue weighted by molar-refractivity contribution is -0.121. The highest BCUT2D eigenvalue weighted by Gasteiger charge is 2.61. The van der Waals surface area contributed by atoms with Crippen molar-refractivity contribution in [3.8, 4) is 0 Å². The van der Waals surface area contributed by atoms with Gasteiger partial charge < -0.3 is 0 Å². The van der Waals surface area contributed by atoms with Gasteiger partial charge in [0.25, 0.3) is 5.91 Å². The first-order valence-corrected chi connectivity index (χ1v) is 13.5. The predicted molar refractivity (Wildman–Crippen MR) is 135 cm³/mol. The summed E-state index contributed by atoms with van der Waals surface area (Å²) in [6, 6.07) is 23.6. The molecule has 1 fully saturated rings. The number of Topliss-reactive ketones (excluding diaryl/α,β-unsaturated/α-hetero) is 1. The molecule has 0 N–H and O–H groups in total. The van der Waals surface area contributed by atoms with E-state index in [-0.39, 0.29) is 10.7 Å². The summed E-state index contributed by atoms with van der Waals surface area (Å²) >= 11 is 0. The minimum absolute atomic E-state index is 0.0313. The number of benzene rings is 3. The summed E-state index contributed by atoms with van der Waals surface area (Å²) in [5.74, 6) is -0.939. The molecule has 1 amide bonds. The smallest absolute Gasteiger partial charge is 0.255 e. The molecule has 0 radical (unpaired) electrons. The topological polar surface area (TPSA) is 74.8 Å². The van der Waals surface area contributed by atoms with Crippen LogP contribution < -0.4 is 4.90 Å². The van der Waals surface area contributed by atoms with Gasteiger partial charge in [0.05, 0.1) is 17.3 Å². The number of rotatable bonds is 7. The van der Waals surface area contributed by atoms with Crippen LogP contribution in [0.2, 0.25) is 0 Å². The number of ketones is 1. The van der Waals surface area contributed by atoms with Gasteiger partial charge in [0.15, 0.2) is 20.4 Å². The normalized spacial score (nSPS) is 20.6. The van der Waals surface area contributed by atoms with Crippen LogP contribution >= 0.6 is 0 Å². The van der Waals surface area contributed by atoms with Crippen LogP contribution in [0.15, 0.2) is 89.8 Å². The van der Waals surface area contributed by atoms with Crippen molar-refractivity contribution in [2.45, 2.75) is 35.3 Å². The Balaban J connectivity index is 1.67. The maximum absolute atomic E-state index is 14.3. The van der Waals surface area contributed by atoms with E-state index in [0.717, 1.165) is 32.4 Å². The van der Waals surface area contributed by atoms with Crippen molar-refractivity contribution in [1.82, 2.24) is 4.90 Å². The van der Waals surface area contributed by atoms with E-state index in [1.165, 1.54) is 12.1 Å². The van der Waals surface area contributed by atoms with Crippen LogP contribution in [-0.4, -0.2) is 44.8 Å². The zero-order chi connectivity index (χ0) is 24.5. The van der Waals surface area contributed by atoms with Crippen molar-refractivity contribution in [2.24, 2.45) is 0 Å². The van der Waals surface area contributed by atoms with Crippen LogP contribution in [0, 0.1) is 0 Å². The molecule has 0 saturated carbocycles. The highest BCUT2D eigenvalue weighted by molar-refractivity contribution is 7.93. The van der Waals surface area contributed by atoms with Crippen LogP contribution in [-0.2, 0) is 19.4 Å². The van der Waals surface area contributed by atoms with E-state index in [4.69, 9.17) is 0 Å². The Labute approximate surface area is 206 Å². The molecule has 1 unspecified atom stereocenters. The Kier molecular flexibility index (Phi) is 6.30. The third-order valence-corrected chi connectivity index (χ3v) is 9.38. The molecule has 0 aromatic heterocycles. The fourth-order valence-corrected chi connectivity index (χ4v) is 7.25. The quantitative estimate of drug-likeness (QED) is 0.461. The van der Waals surface area contributed by atoms with Gasteiger partial charge in [-0.25, -0.2) is 8.42 Å². The minimum Gasteiger partial charge on any atom is -0.297 e. The van der Waals surface area contributed by atoms with Gasteiger partial charge in [0, 0.05) is 17.5 Å². The molecule has 1 atom stereocenters. The molecule has 7 heteroatoms. The van der Waals surface area contributed by atoms with E-state index >= 15 is 0 Å². The first kappa shape index (κ1) is 23.5. The molecule has 1 saturated heterocycles. The molecule has 6 nitrogen and oxygen atoms in total. The number of amides is 1. The van der Waals surface area contributed by atoms with Crippen LogP contribution in [0.3, 0.4) is 0 Å². The Morgan fingerprint density at radius 2 is 1.40 bits per heavy atom. The molecular weight excluding hydrogens is 460 g/mol. The van der Waals surface area contributed by atoms with Gasteiger partial charge in [0.1, 0.15) is 0 Å². The maximum Gasteiger partial charge on any atom is 0.255 e. The average molecular weight is 489 g/mol. The van der Waals surface area contributed by atoms with Gasteiger partial charge >= 0.3 is 0 Å². The summed E-state index contributed by atoms with van der Waals surface area (Å²) in [5.41, 5.74) is 1.31. The molecule has 0 spiro atoms. The van der Waals surface area contributed by atoms with Gasteiger partial charge in [-0.2, -0.15) is 0 Å². The predicted octanol–water partition coefficient (Wildman–Crippen LogP) is 4.42. The van der Waals surface area contributed by atoms with Gasteiger partial charge in [-0.3, -0.25) is 19.4 Å². The molecule has 0 bridgehead atoms. The number of hydrogen-bond acceptors (Lipinski definition) is 5. The maximum atomic E-state index is 14.3. The lowest BCUT2D eigenvalue weighted by Crippen LogP contribution is -2.50. The SMILES string of the molecule is O=C(CC1(S(=O)(=O)c2ccccc2)C(=O)N(CN2CCCCC2)c2ccccc21)c1ccccc1. The number of carbonyl (C=O) groups excluding carboxylic acids is 2. The van der Waals surface area contributed by atoms with Crippen molar-refractivity contribution in [2.75, 3.05) is 24.7 Å². The second-order valence-electron chi connectivity index (χ2n) is 9.18. The van der Waals surface area contributed by atoms with Crippen molar-refractivity contribution in [1.29, 1.82) is 0 Å². The zero-order valence-electron chi connectivity index (χ0n) is 19.5. The van der Waals surface area contributed by atoms with E-state index in [0.29, 0.717) is 23.5 Å². The number of sulfone groups is 1. The number of hydrogen-bond donors (Lipinski definition) is 0.